The predicted molar refractivity (Wildman–Crippen MR) is 100 cm³/mol. The van der Waals surface area contributed by atoms with Gasteiger partial charge in [0.15, 0.2) is 0 Å². The van der Waals surface area contributed by atoms with E-state index in [4.69, 9.17) is 15.1 Å². The molecule has 1 amide bonds. The number of hydrogen-bond acceptors (Lipinski definition) is 5. The van der Waals surface area contributed by atoms with Crippen molar-refractivity contribution in [1.29, 1.82) is 0 Å². The third-order valence-electron chi connectivity index (χ3n) is 4.51. The number of nitrogens with one attached hydrogen (secondary N) is 1. The smallest absolute Gasteiger partial charge is 0.293 e. The van der Waals surface area contributed by atoms with E-state index in [1.807, 2.05) is 6.92 Å². The zero-order chi connectivity index (χ0) is 21.0. The highest BCUT2D eigenvalue weighted by molar-refractivity contribution is 5.96. The third kappa shape index (κ3) is 4.76. The van der Waals surface area contributed by atoms with Crippen molar-refractivity contribution in [2.45, 2.75) is 20.1 Å². The molecule has 0 unspecified atom stereocenters. The number of pyridine rings is 1. The van der Waals surface area contributed by atoms with Crippen molar-refractivity contribution in [3.63, 3.8) is 0 Å². The van der Waals surface area contributed by atoms with E-state index in [-0.39, 0.29) is 31.4 Å². The molecule has 0 radical (unpaired) electrons. The number of ether oxygens (including phenoxy) is 1. The minimum Gasteiger partial charge on any atom is -0.396 e. The summed E-state index contributed by atoms with van der Waals surface area (Å²) in [6, 6.07) is 4.89. The van der Waals surface area contributed by atoms with E-state index in [1.165, 1.54) is 29.9 Å². The summed E-state index contributed by atoms with van der Waals surface area (Å²) in [6.45, 7) is 2.50. The average Bonchev–Trinajstić information content (AvgIpc) is 3.06. The second-order valence-electron chi connectivity index (χ2n) is 6.85. The molecule has 3 aromatic rings. The standard InChI is InChI=1S/C20H21F2N3O4/c1-12(9-26)10-29-11-14-8-25(7-13-2-3-15(21)4-17(13)22)19-6-23-18(5-16(14)19)20(27)24-28/h2-6,8,12,26,28H,7,9-11H2,1H3,(H,24,27)/t12-/m0/s1. The van der Waals surface area contributed by atoms with Gasteiger partial charge < -0.3 is 14.4 Å². The summed E-state index contributed by atoms with van der Waals surface area (Å²) < 4.78 is 34.6. The molecule has 0 saturated heterocycles. The molecule has 154 valence electrons. The number of aliphatic hydroxyl groups is 1. The Hall–Kier alpha value is -2.88. The molecule has 3 N–H and O–H groups in total. The molecule has 9 heteroatoms. The van der Waals surface area contributed by atoms with E-state index in [1.54, 1.807) is 10.8 Å². The molecular formula is C20H21F2N3O4. The molecule has 7 nitrogen and oxygen atoms in total. The maximum atomic E-state index is 14.1. The van der Waals surface area contributed by atoms with E-state index in [0.717, 1.165) is 11.6 Å². The summed E-state index contributed by atoms with van der Waals surface area (Å²) >= 11 is 0. The monoisotopic (exact) mass is 405 g/mol. The Labute approximate surface area is 165 Å². The summed E-state index contributed by atoms with van der Waals surface area (Å²) in [5.41, 5.74) is 3.19. The van der Waals surface area contributed by atoms with Crippen molar-refractivity contribution in [1.82, 2.24) is 15.0 Å². The number of aromatic nitrogens is 2. The van der Waals surface area contributed by atoms with Crippen LogP contribution in [0.5, 0.6) is 0 Å². The van der Waals surface area contributed by atoms with E-state index in [0.29, 0.717) is 23.1 Å². The number of amides is 1. The van der Waals surface area contributed by atoms with Crippen molar-refractivity contribution < 1.29 is 28.6 Å². The van der Waals surface area contributed by atoms with Crippen LogP contribution in [0, 0.1) is 17.6 Å². The minimum atomic E-state index is -0.759. The number of benzene rings is 1. The minimum absolute atomic E-state index is 0.00363. The summed E-state index contributed by atoms with van der Waals surface area (Å²) in [5.74, 6) is -2.11. The lowest BCUT2D eigenvalue weighted by Crippen LogP contribution is -2.19. The molecule has 1 atom stereocenters. The molecule has 0 aliphatic rings. The van der Waals surface area contributed by atoms with Gasteiger partial charge in [0.1, 0.15) is 17.3 Å². The summed E-state index contributed by atoms with van der Waals surface area (Å²) in [5, 5.41) is 18.6. The molecule has 2 heterocycles. The van der Waals surface area contributed by atoms with Crippen LogP contribution in [0.25, 0.3) is 10.9 Å². The Kier molecular flexibility index (Phi) is 6.53. The van der Waals surface area contributed by atoms with Crippen molar-refractivity contribution in [2.24, 2.45) is 5.92 Å². The van der Waals surface area contributed by atoms with Crippen LogP contribution in [0.1, 0.15) is 28.5 Å². The van der Waals surface area contributed by atoms with Gasteiger partial charge in [-0.3, -0.25) is 10.0 Å². The molecule has 0 fully saturated rings. The van der Waals surface area contributed by atoms with Crippen LogP contribution < -0.4 is 5.48 Å². The number of nitrogens with zero attached hydrogens (tertiary/aromatic N) is 2. The van der Waals surface area contributed by atoms with Gasteiger partial charge in [-0.15, -0.1) is 0 Å². The molecule has 2 aromatic heterocycles. The Morgan fingerprint density at radius 1 is 1.31 bits per heavy atom. The topological polar surface area (TPSA) is 96.6 Å². The highest BCUT2D eigenvalue weighted by Crippen LogP contribution is 2.24. The number of carbonyl (C=O) groups excluding carboxylic acids is 1. The Morgan fingerprint density at radius 2 is 2.10 bits per heavy atom. The lowest BCUT2D eigenvalue weighted by molar-refractivity contribution is 0.0696. The van der Waals surface area contributed by atoms with Gasteiger partial charge in [-0.05, 0) is 12.1 Å². The summed E-state index contributed by atoms with van der Waals surface area (Å²) in [4.78, 5) is 15.7. The van der Waals surface area contributed by atoms with Gasteiger partial charge in [0.05, 0.1) is 31.5 Å². The van der Waals surface area contributed by atoms with Gasteiger partial charge in [-0.1, -0.05) is 13.0 Å². The fraction of sp³-hybridized carbons (Fsp3) is 0.300. The Bertz CT molecular complexity index is 1020. The van der Waals surface area contributed by atoms with Crippen LogP contribution in [0.15, 0.2) is 36.7 Å². The molecule has 29 heavy (non-hydrogen) atoms. The molecule has 1 aromatic carbocycles. The molecule has 0 saturated carbocycles. The van der Waals surface area contributed by atoms with Crippen molar-refractivity contribution in [2.75, 3.05) is 13.2 Å². The largest absolute Gasteiger partial charge is 0.396 e. The first-order valence-electron chi connectivity index (χ1n) is 8.97. The predicted octanol–water partition coefficient (Wildman–Crippen LogP) is 2.63. The van der Waals surface area contributed by atoms with Gasteiger partial charge in [0, 0.05) is 41.3 Å². The van der Waals surface area contributed by atoms with Gasteiger partial charge in [-0.2, -0.15) is 0 Å². The average molecular weight is 405 g/mol. The molecular weight excluding hydrogens is 384 g/mol. The molecule has 3 rings (SSSR count). The third-order valence-corrected chi connectivity index (χ3v) is 4.51. The second kappa shape index (κ2) is 9.08. The highest BCUT2D eigenvalue weighted by Gasteiger charge is 2.15. The molecule has 0 bridgehead atoms. The lowest BCUT2D eigenvalue weighted by atomic mass is 10.2. The number of hydrogen-bond donors (Lipinski definition) is 3. The fourth-order valence-corrected chi connectivity index (χ4v) is 2.94. The zero-order valence-electron chi connectivity index (χ0n) is 15.7. The van der Waals surface area contributed by atoms with Gasteiger partial charge in [0.25, 0.3) is 5.91 Å². The van der Waals surface area contributed by atoms with Crippen molar-refractivity contribution >= 4 is 16.8 Å². The summed E-state index contributed by atoms with van der Waals surface area (Å²) in [7, 11) is 0. The number of hydroxylamine groups is 1. The first-order valence-corrected chi connectivity index (χ1v) is 8.97. The Balaban J connectivity index is 1.97. The van der Waals surface area contributed by atoms with E-state index in [2.05, 4.69) is 4.98 Å². The van der Waals surface area contributed by atoms with E-state index < -0.39 is 17.5 Å². The molecule has 0 aliphatic heterocycles. The van der Waals surface area contributed by atoms with E-state index >= 15 is 0 Å². The van der Waals surface area contributed by atoms with Crippen LogP contribution in [0.2, 0.25) is 0 Å². The molecule has 0 aliphatic carbocycles. The van der Waals surface area contributed by atoms with Crippen LogP contribution in [-0.2, 0) is 17.9 Å². The van der Waals surface area contributed by atoms with Gasteiger partial charge in [0.2, 0.25) is 0 Å². The number of halogens is 2. The van der Waals surface area contributed by atoms with Crippen LogP contribution in [-0.4, -0.2) is 39.0 Å². The SMILES string of the molecule is C[C@@H](CO)COCc1cn(Cc2ccc(F)cc2F)c2cnc(C(=O)NO)cc12. The normalized spacial score (nSPS) is 12.3. The number of carbonyl (C=O) groups is 1. The first-order chi connectivity index (χ1) is 13.9. The summed E-state index contributed by atoms with van der Waals surface area (Å²) in [6.07, 6.45) is 3.20. The maximum Gasteiger partial charge on any atom is 0.293 e. The maximum absolute atomic E-state index is 14.1. The van der Waals surface area contributed by atoms with Crippen LogP contribution >= 0.6 is 0 Å². The first kappa shape index (κ1) is 20.8. The fourth-order valence-electron chi connectivity index (χ4n) is 2.94. The van der Waals surface area contributed by atoms with Crippen molar-refractivity contribution in [3.05, 3.63) is 65.1 Å². The Morgan fingerprint density at radius 3 is 2.79 bits per heavy atom. The van der Waals surface area contributed by atoms with E-state index in [9.17, 15) is 13.6 Å². The van der Waals surface area contributed by atoms with Crippen LogP contribution in [0.4, 0.5) is 8.78 Å². The van der Waals surface area contributed by atoms with Crippen molar-refractivity contribution in [3.8, 4) is 0 Å². The number of rotatable bonds is 8. The number of aliphatic hydroxyl groups excluding tert-OH is 1. The quantitative estimate of drug-likeness (QED) is 0.396. The lowest BCUT2D eigenvalue weighted by Gasteiger charge is -2.08. The zero-order valence-corrected chi connectivity index (χ0v) is 15.7. The van der Waals surface area contributed by atoms with Gasteiger partial charge >= 0.3 is 0 Å². The van der Waals surface area contributed by atoms with Gasteiger partial charge in [-0.25, -0.2) is 19.2 Å². The van der Waals surface area contributed by atoms with Crippen LogP contribution in [0.3, 0.4) is 0 Å². The number of fused-ring (bicyclic) bond motifs is 1. The second-order valence-corrected chi connectivity index (χ2v) is 6.85. The molecule has 0 spiro atoms. The highest BCUT2D eigenvalue weighted by atomic mass is 19.1.